The SMILES string of the molecule is CC(C)(C)C(CCO)NC(=O)c1cccc(N)c1. The van der Waals surface area contributed by atoms with Crippen molar-refractivity contribution in [3.63, 3.8) is 0 Å². The van der Waals surface area contributed by atoms with Gasteiger partial charge < -0.3 is 16.2 Å². The van der Waals surface area contributed by atoms with Crippen LogP contribution in [0.2, 0.25) is 0 Å². The van der Waals surface area contributed by atoms with E-state index >= 15 is 0 Å². The second-order valence-electron chi connectivity index (χ2n) is 5.53. The molecule has 0 aliphatic heterocycles. The van der Waals surface area contributed by atoms with Gasteiger partial charge in [0.25, 0.3) is 5.91 Å². The molecular formula is C14H22N2O2. The number of carbonyl (C=O) groups is 1. The van der Waals surface area contributed by atoms with Crippen molar-refractivity contribution in [3.8, 4) is 0 Å². The molecule has 18 heavy (non-hydrogen) atoms. The van der Waals surface area contributed by atoms with E-state index in [1.165, 1.54) is 0 Å². The number of hydrogen-bond acceptors (Lipinski definition) is 3. The molecule has 0 bridgehead atoms. The lowest BCUT2D eigenvalue weighted by atomic mass is 9.84. The van der Waals surface area contributed by atoms with E-state index in [4.69, 9.17) is 10.8 Å². The van der Waals surface area contributed by atoms with Crippen LogP contribution in [0.15, 0.2) is 24.3 Å². The highest BCUT2D eigenvalue weighted by molar-refractivity contribution is 5.95. The Bertz CT molecular complexity index is 411. The van der Waals surface area contributed by atoms with E-state index in [2.05, 4.69) is 5.32 Å². The average molecular weight is 250 g/mol. The fraction of sp³-hybridized carbons (Fsp3) is 0.500. The molecule has 0 fully saturated rings. The standard InChI is InChI=1S/C14H22N2O2/c1-14(2,3)12(7-8-17)16-13(18)10-5-4-6-11(15)9-10/h4-6,9,12,17H,7-8,15H2,1-3H3,(H,16,18). The Morgan fingerprint density at radius 1 is 1.44 bits per heavy atom. The van der Waals surface area contributed by atoms with E-state index in [0.29, 0.717) is 17.7 Å². The van der Waals surface area contributed by atoms with Crippen LogP contribution in [0.4, 0.5) is 5.69 Å². The Balaban J connectivity index is 2.79. The van der Waals surface area contributed by atoms with Crippen molar-refractivity contribution in [2.75, 3.05) is 12.3 Å². The van der Waals surface area contributed by atoms with Crippen LogP contribution in [0.1, 0.15) is 37.6 Å². The summed E-state index contributed by atoms with van der Waals surface area (Å²) in [6.07, 6.45) is 0.539. The number of hydrogen-bond donors (Lipinski definition) is 3. The summed E-state index contributed by atoms with van der Waals surface area (Å²) in [6, 6.07) is 6.79. The number of nitrogens with one attached hydrogen (secondary N) is 1. The Kier molecular flexibility index (Phi) is 4.73. The maximum Gasteiger partial charge on any atom is 0.251 e. The molecule has 1 aromatic rings. The molecule has 0 saturated heterocycles. The summed E-state index contributed by atoms with van der Waals surface area (Å²) in [4.78, 5) is 12.1. The Hall–Kier alpha value is -1.55. The van der Waals surface area contributed by atoms with Crippen LogP contribution in [0.5, 0.6) is 0 Å². The largest absolute Gasteiger partial charge is 0.399 e. The van der Waals surface area contributed by atoms with E-state index < -0.39 is 0 Å². The molecule has 0 saturated carbocycles. The Morgan fingerprint density at radius 2 is 2.11 bits per heavy atom. The molecule has 4 N–H and O–H groups in total. The van der Waals surface area contributed by atoms with Crippen LogP contribution in [0, 0.1) is 5.41 Å². The average Bonchev–Trinajstić information content (AvgIpc) is 2.27. The molecule has 4 nitrogen and oxygen atoms in total. The molecule has 0 radical (unpaired) electrons. The topological polar surface area (TPSA) is 75.3 Å². The highest BCUT2D eigenvalue weighted by Gasteiger charge is 2.25. The zero-order valence-corrected chi connectivity index (χ0v) is 11.2. The lowest BCUT2D eigenvalue weighted by Crippen LogP contribution is -2.44. The van der Waals surface area contributed by atoms with Crippen molar-refractivity contribution in [2.24, 2.45) is 5.41 Å². The Labute approximate surface area is 108 Å². The van der Waals surface area contributed by atoms with Gasteiger partial charge >= 0.3 is 0 Å². The number of anilines is 1. The van der Waals surface area contributed by atoms with Gasteiger partial charge in [-0.05, 0) is 30.0 Å². The molecule has 100 valence electrons. The predicted octanol–water partition coefficient (Wildman–Crippen LogP) is 1.80. The van der Waals surface area contributed by atoms with Crippen molar-refractivity contribution < 1.29 is 9.90 Å². The summed E-state index contributed by atoms with van der Waals surface area (Å²) in [7, 11) is 0. The summed E-state index contributed by atoms with van der Waals surface area (Å²) in [5.74, 6) is -0.157. The minimum Gasteiger partial charge on any atom is -0.399 e. The zero-order chi connectivity index (χ0) is 13.8. The molecule has 1 unspecified atom stereocenters. The molecule has 0 spiro atoms. The van der Waals surface area contributed by atoms with Gasteiger partial charge in [0.05, 0.1) is 0 Å². The third kappa shape index (κ3) is 4.04. The maximum atomic E-state index is 12.1. The van der Waals surface area contributed by atoms with E-state index in [9.17, 15) is 4.79 Å². The van der Waals surface area contributed by atoms with Crippen molar-refractivity contribution in [3.05, 3.63) is 29.8 Å². The molecule has 0 aliphatic rings. The number of nitrogens with two attached hydrogens (primary N) is 1. The number of nitrogen functional groups attached to an aromatic ring is 1. The van der Waals surface area contributed by atoms with Crippen LogP contribution in [0.3, 0.4) is 0 Å². The third-order valence-corrected chi connectivity index (χ3v) is 2.92. The summed E-state index contributed by atoms with van der Waals surface area (Å²) in [6.45, 7) is 6.16. The van der Waals surface area contributed by atoms with Gasteiger partial charge in [0.1, 0.15) is 0 Å². The van der Waals surface area contributed by atoms with E-state index in [-0.39, 0.29) is 24.0 Å². The number of carbonyl (C=O) groups excluding carboxylic acids is 1. The number of benzene rings is 1. The molecule has 0 aromatic heterocycles. The zero-order valence-electron chi connectivity index (χ0n) is 11.2. The number of aliphatic hydroxyl groups excluding tert-OH is 1. The fourth-order valence-electron chi connectivity index (χ4n) is 1.77. The van der Waals surface area contributed by atoms with Crippen LogP contribution in [-0.4, -0.2) is 23.7 Å². The third-order valence-electron chi connectivity index (χ3n) is 2.92. The molecule has 0 aliphatic carbocycles. The van der Waals surface area contributed by atoms with Gasteiger partial charge in [-0.3, -0.25) is 4.79 Å². The minimum absolute atomic E-state index is 0.0547. The summed E-state index contributed by atoms with van der Waals surface area (Å²) < 4.78 is 0. The molecule has 1 atom stereocenters. The lowest BCUT2D eigenvalue weighted by molar-refractivity contribution is 0.0885. The second-order valence-corrected chi connectivity index (χ2v) is 5.53. The summed E-state index contributed by atoms with van der Waals surface area (Å²) in [5.41, 5.74) is 6.66. The van der Waals surface area contributed by atoms with Gasteiger partial charge in [-0.2, -0.15) is 0 Å². The highest BCUT2D eigenvalue weighted by atomic mass is 16.3. The minimum atomic E-state index is -0.157. The molecule has 1 rings (SSSR count). The van der Waals surface area contributed by atoms with Crippen LogP contribution < -0.4 is 11.1 Å². The van der Waals surface area contributed by atoms with Gasteiger partial charge in [0, 0.05) is 23.9 Å². The van der Waals surface area contributed by atoms with Gasteiger partial charge in [-0.15, -0.1) is 0 Å². The van der Waals surface area contributed by atoms with Crippen LogP contribution >= 0.6 is 0 Å². The molecule has 1 amide bonds. The van der Waals surface area contributed by atoms with Crippen molar-refractivity contribution in [2.45, 2.75) is 33.2 Å². The first-order valence-electron chi connectivity index (χ1n) is 6.12. The van der Waals surface area contributed by atoms with E-state index in [0.717, 1.165) is 0 Å². The normalized spacial score (nSPS) is 13.1. The molecule has 4 heteroatoms. The maximum absolute atomic E-state index is 12.1. The van der Waals surface area contributed by atoms with Crippen molar-refractivity contribution >= 4 is 11.6 Å². The molecule has 0 heterocycles. The summed E-state index contributed by atoms with van der Waals surface area (Å²) in [5, 5.41) is 12.0. The number of aliphatic hydroxyl groups is 1. The fourth-order valence-corrected chi connectivity index (χ4v) is 1.77. The van der Waals surface area contributed by atoms with Crippen LogP contribution in [0.25, 0.3) is 0 Å². The van der Waals surface area contributed by atoms with E-state index in [1.54, 1.807) is 24.3 Å². The van der Waals surface area contributed by atoms with Crippen LogP contribution in [-0.2, 0) is 0 Å². The summed E-state index contributed by atoms with van der Waals surface area (Å²) >= 11 is 0. The Morgan fingerprint density at radius 3 is 2.61 bits per heavy atom. The first-order chi connectivity index (χ1) is 8.34. The van der Waals surface area contributed by atoms with Gasteiger partial charge in [-0.1, -0.05) is 26.8 Å². The quantitative estimate of drug-likeness (QED) is 0.713. The monoisotopic (exact) mass is 250 g/mol. The van der Waals surface area contributed by atoms with Gasteiger partial charge in [-0.25, -0.2) is 0 Å². The smallest absolute Gasteiger partial charge is 0.251 e. The van der Waals surface area contributed by atoms with Crippen molar-refractivity contribution in [1.29, 1.82) is 0 Å². The number of rotatable bonds is 4. The van der Waals surface area contributed by atoms with Gasteiger partial charge in [0.15, 0.2) is 0 Å². The van der Waals surface area contributed by atoms with Gasteiger partial charge in [0.2, 0.25) is 0 Å². The highest BCUT2D eigenvalue weighted by Crippen LogP contribution is 2.22. The second kappa shape index (κ2) is 5.87. The molecular weight excluding hydrogens is 228 g/mol. The van der Waals surface area contributed by atoms with Crippen molar-refractivity contribution in [1.82, 2.24) is 5.32 Å². The lowest BCUT2D eigenvalue weighted by Gasteiger charge is -2.31. The van der Waals surface area contributed by atoms with E-state index in [1.807, 2.05) is 20.8 Å². The first-order valence-corrected chi connectivity index (χ1v) is 6.12. The first kappa shape index (κ1) is 14.5. The number of amides is 1. The predicted molar refractivity (Wildman–Crippen MR) is 73.3 cm³/mol. The molecule has 1 aromatic carbocycles.